The topological polar surface area (TPSA) is 58.9 Å². The van der Waals surface area contributed by atoms with Crippen LogP contribution in [0.2, 0.25) is 0 Å². The van der Waals surface area contributed by atoms with Crippen molar-refractivity contribution in [3.05, 3.63) is 50.7 Å². The fourth-order valence-corrected chi connectivity index (χ4v) is 3.40. The lowest BCUT2D eigenvalue weighted by molar-refractivity contribution is 0.102. The van der Waals surface area contributed by atoms with Crippen LogP contribution in [0.3, 0.4) is 0 Å². The van der Waals surface area contributed by atoms with Gasteiger partial charge in [0.2, 0.25) is 5.78 Å². The molecule has 1 aromatic rings. The molecule has 0 saturated heterocycles. The Balaban J connectivity index is 2.08. The highest BCUT2D eigenvalue weighted by atomic mass is 35.5. The number of methoxy groups -OCH3 is 1. The molecule has 0 saturated carbocycles. The molecule has 2 heterocycles. The van der Waals surface area contributed by atoms with Gasteiger partial charge in [0.25, 0.3) is 0 Å². The summed E-state index contributed by atoms with van der Waals surface area (Å²) in [6.45, 7) is 1.83. The number of halogens is 1. The Labute approximate surface area is 130 Å². The molecule has 1 radical (unpaired) electrons. The average Bonchev–Trinajstić information content (AvgIpc) is 3.03. The van der Waals surface area contributed by atoms with Crippen molar-refractivity contribution < 1.29 is 14.6 Å². The van der Waals surface area contributed by atoms with E-state index in [1.807, 2.05) is 6.92 Å². The summed E-state index contributed by atoms with van der Waals surface area (Å²) in [6.07, 6.45) is 3.41. The number of Topliss-reactive ketones (excluding diaryl/α,β-unsaturated/α-hetero) is 1. The molecule has 1 N–H and O–H groups in total. The van der Waals surface area contributed by atoms with Crippen molar-refractivity contribution >= 4 is 34.4 Å². The van der Waals surface area contributed by atoms with Crippen LogP contribution in [0.15, 0.2) is 44.8 Å². The smallest absolute Gasteiger partial charge is 0.203 e. The summed E-state index contributed by atoms with van der Waals surface area (Å²) >= 11 is 7.35. The maximum Gasteiger partial charge on any atom is 0.203 e. The number of fused-ring (bicyclic) bond motifs is 1. The summed E-state index contributed by atoms with van der Waals surface area (Å²) in [5.41, 5.74) is 2.60. The first-order valence-corrected chi connectivity index (χ1v) is 7.40. The third-order valence-corrected chi connectivity index (χ3v) is 4.48. The molecule has 0 aromatic carbocycles. The SMILES string of the molecule is COC1=C(C(=O)c2ccc(O)s2)CC2=NC(C)=[C]C2=C1Cl. The fraction of sp³-hybridized carbons (Fsp3) is 0.200. The summed E-state index contributed by atoms with van der Waals surface area (Å²) < 4.78 is 5.32. The molecule has 1 aromatic heterocycles. The number of rotatable bonds is 3. The quantitative estimate of drug-likeness (QED) is 0.866. The molecule has 1 aliphatic carbocycles. The van der Waals surface area contributed by atoms with Crippen LogP contribution in [-0.2, 0) is 4.74 Å². The van der Waals surface area contributed by atoms with Gasteiger partial charge in [0.1, 0.15) is 5.76 Å². The van der Waals surface area contributed by atoms with Gasteiger partial charge in [-0.1, -0.05) is 22.9 Å². The van der Waals surface area contributed by atoms with E-state index in [0.717, 1.165) is 22.7 Å². The van der Waals surface area contributed by atoms with Gasteiger partial charge in [-0.3, -0.25) is 9.79 Å². The molecule has 21 heavy (non-hydrogen) atoms. The van der Waals surface area contributed by atoms with E-state index in [4.69, 9.17) is 16.3 Å². The average molecular weight is 321 g/mol. The summed E-state index contributed by atoms with van der Waals surface area (Å²) in [5.74, 6) is 0.146. The van der Waals surface area contributed by atoms with E-state index in [2.05, 4.69) is 11.1 Å². The lowest BCUT2D eigenvalue weighted by Crippen LogP contribution is -2.17. The maximum atomic E-state index is 12.6. The Hall–Kier alpha value is -1.85. The van der Waals surface area contributed by atoms with Crippen LogP contribution >= 0.6 is 22.9 Å². The zero-order chi connectivity index (χ0) is 15.1. The van der Waals surface area contributed by atoms with Crippen molar-refractivity contribution in [2.45, 2.75) is 13.3 Å². The molecule has 2 aliphatic rings. The van der Waals surface area contributed by atoms with Gasteiger partial charge in [-0.25, -0.2) is 0 Å². The largest absolute Gasteiger partial charge is 0.499 e. The van der Waals surface area contributed by atoms with Gasteiger partial charge in [-0.2, -0.15) is 0 Å². The highest BCUT2D eigenvalue weighted by molar-refractivity contribution is 7.15. The number of allylic oxidation sites excluding steroid dienone is 5. The van der Waals surface area contributed by atoms with E-state index in [9.17, 15) is 9.90 Å². The number of hydrogen-bond donors (Lipinski definition) is 1. The lowest BCUT2D eigenvalue weighted by atomic mass is 9.92. The molecule has 1 aliphatic heterocycles. The van der Waals surface area contributed by atoms with E-state index in [1.54, 1.807) is 6.07 Å². The molecule has 0 unspecified atom stereocenters. The molecule has 0 amide bonds. The van der Waals surface area contributed by atoms with E-state index in [1.165, 1.54) is 13.2 Å². The van der Waals surface area contributed by atoms with Crippen molar-refractivity contribution in [3.63, 3.8) is 0 Å². The van der Waals surface area contributed by atoms with Gasteiger partial charge in [-0.15, -0.1) is 0 Å². The van der Waals surface area contributed by atoms with Gasteiger partial charge in [0, 0.05) is 23.8 Å². The molecular weight excluding hydrogens is 310 g/mol. The predicted molar refractivity (Wildman–Crippen MR) is 81.7 cm³/mol. The normalized spacial score (nSPS) is 17.7. The third-order valence-electron chi connectivity index (χ3n) is 3.23. The van der Waals surface area contributed by atoms with Crippen LogP contribution in [0.5, 0.6) is 5.06 Å². The van der Waals surface area contributed by atoms with Crippen molar-refractivity contribution in [1.29, 1.82) is 0 Å². The fourth-order valence-electron chi connectivity index (χ4n) is 2.34. The number of carbonyl (C=O) groups excluding carboxylic acids is 1. The van der Waals surface area contributed by atoms with Crippen molar-refractivity contribution in [1.82, 2.24) is 0 Å². The number of hydrogen-bond acceptors (Lipinski definition) is 5. The van der Waals surface area contributed by atoms with Gasteiger partial charge < -0.3 is 9.84 Å². The molecule has 0 atom stereocenters. The van der Waals surface area contributed by atoms with Crippen LogP contribution in [-0.4, -0.2) is 23.7 Å². The molecule has 0 spiro atoms. The first-order valence-electron chi connectivity index (χ1n) is 6.20. The van der Waals surface area contributed by atoms with Gasteiger partial charge >= 0.3 is 0 Å². The third kappa shape index (κ3) is 2.32. The number of nitrogens with zero attached hydrogens (tertiary/aromatic N) is 1. The van der Waals surface area contributed by atoms with Gasteiger partial charge in [0.15, 0.2) is 5.06 Å². The Morgan fingerprint density at radius 3 is 2.90 bits per heavy atom. The standard InChI is InChI=1S/C15H11ClNO3S/c1-7-5-8-10(17-7)6-9(15(20-2)13(8)16)14(19)11-3-4-12(18)21-11/h3-4,18H,6H2,1-2H3. The molecule has 107 valence electrons. The van der Waals surface area contributed by atoms with Crippen LogP contribution in [0, 0.1) is 6.08 Å². The summed E-state index contributed by atoms with van der Waals surface area (Å²) in [6, 6.07) is 3.07. The number of aliphatic imine (C=N–C) groups is 1. The molecule has 3 rings (SSSR count). The minimum Gasteiger partial charge on any atom is -0.499 e. The van der Waals surface area contributed by atoms with E-state index < -0.39 is 0 Å². The summed E-state index contributed by atoms with van der Waals surface area (Å²) in [5, 5.41) is 9.85. The van der Waals surface area contributed by atoms with Crippen LogP contribution < -0.4 is 0 Å². The number of carbonyl (C=O) groups is 1. The van der Waals surface area contributed by atoms with Gasteiger partial charge in [-0.05, 0) is 19.1 Å². The van der Waals surface area contributed by atoms with Crippen molar-refractivity contribution in [3.8, 4) is 5.06 Å². The van der Waals surface area contributed by atoms with Crippen LogP contribution in [0.1, 0.15) is 23.0 Å². The highest BCUT2D eigenvalue weighted by Crippen LogP contribution is 2.38. The summed E-state index contributed by atoms with van der Waals surface area (Å²) in [4.78, 5) is 17.4. The number of aromatic hydroxyl groups is 1. The number of ether oxygens (including phenoxy) is 1. The Morgan fingerprint density at radius 1 is 1.52 bits per heavy atom. The lowest BCUT2D eigenvalue weighted by Gasteiger charge is -2.19. The molecule has 0 bridgehead atoms. The first-order chi connectivity index (χ1) is 10.0. The maximum absolute atomic E-state index is 12.6. The second-order valence-electron chi connectivity index (χ2n) is 4.61. The second-order valence-corrected chi connectivity index (χ2v) is 6.05. The van der Waals surface area contributed by atoms with Gasteiger partial charge in [0.05, 0.1) is 28.3 Å². The number of thiophene rings is 1. The van der Waals surface area contributed by atoms with Crippen molar-refractivity contribution in [2.75, 3.05) is 7.11 Å². The first kappa shape index (κ1) is 14.1. The zero-order valence-electron chi connectivity index (χ0n) is 11.4. The Bertz CT molecular complexity index is 768. The zero-order valence-corrected chi connectivity index (χ0v) is 12.9. The van der Waals surface area contributed by atoms with E-state index in [-0.39, 0.29) is 10.8 Å². The van der Waals surface area contributed by atoms with E-state index in [0.29, 0.717) is 33.2 Å². The summed E-state index contributed by atoms with van der Waals surface area (Å²) in [7, 11) is 1.48. The van der Waals surface area contributed by atoms with Crippen molar-refractivity contribution in [2.24, 2.45) is 4.99 Å². The van der Waals surface area contributed by atoms with E-state index >= 15 is 0 Å². The molecule has 0 fully saturated rings. The Kier molecular flexibility index (Phi) is 3.47. The highest BCUT2D eigenvalue weighted by Gasteiger charge is 2.32. The minimum atomic E-state index is -0.207. The second kappa shape index (κ2) is 5.16. The van der Waals surface area contributed by atoms with Crippen LogP contribution in [0.4, 0.5) is 0 Å². The van der Waals surface area contributed by atoms with Crippen LogP contribution in [0.25, 0.3) is 0 Å². The molecule has 6 heteroatoms. The molecular formula is C15H11ClNO3S. The molecule has 4 nitrogen and oxygen atoms in total. The Morgan fingerprint density at radius 2 is 2.29 bits per heavy atom. The minimum absolute atomic E-state index is 0.0973. The number of ketones is 1. The predicted octanol–water partition coefficient (Wildman–Crippen LogP) is 3.60. The monoisotopic (exact) mass is 320 g/mol.